The van der Waals surface area contributed by atoms with Crippen LogP contribution in [-0.2, 0) is 4.79 Å². The number of aryl methyl sites for hydroxylation is 1. The molecule has 1 amide bonds. The minimum Gasteiger partial charge on any atom is -0.484 e. The molecule has 1 atom stereocenters. The highest BCUT2D eigenvalue weighted by atomic mass is 16.5. The average Bonchev–Trinajstić information content (AvgIpc) is 2.74. The summed E-state index contributed by atoms with van der Waals surface area (Å²) in [5, 5.41) is 0. The number of para-hydroxylation sites is 1. The van der Waals surface area contributed by atoms with E-state index in [0.29, 0.717) is 6.04 Å². The van der Waals surface area contributed by atoms with Crippen LogP contribution in [0.2, 0.25) is 0 Å². The molecule has 1 heterocycles. The molecule has 0 bridgehead atoms. The van der Waals surface area contributed by atoms with Crippen molar-refractivity contribution < 1.29 is 9.53 Å². The van der Waals surface area contributed by atoms with Crippen molar-refractivity contribution in [2.24, 2.45) is 0 Å². The third-order valence-corrected chi connectivity index (χ3v) is 3.32. The van der Waals surface area contributed by atoms with E-state index in [4.69, 9.17) is 4.74 Å². The third kappa shape index (κ3) is 2.78. The van der Waals surface area contributed by atoms with Crippen LogP contribution in [0.5, 0.6) is 5.75 Å². The molecule has 0 aliphatic carbocycles. The summed E-state index contributed by atoms with van der Waals surface area (Å²) in [5.41, 5.74) is 1.06. The molecule has 1 fully saturated rings. The second-order valence-corrected chi connectivity index (χ2v) is 4.63. The summed E-state index contributed by atoms with van der Waals surface area (Å²) < 4.78 is 5.57. The van der Waals surface area contributed by atoms with Crippen molar-refractivity contribution >= 4 is 5.91 Å². The lowest BCUT2D eigenvalue weighted by molar-refractivity contribution is -0.133. The van der Waals surface area contributed by atoms with Crippen LogP contribution in [0.4, 0.5) is 0 Å². The van der Waals surface area contributed by atoms with Gasteiger partial charge < -0.3 is 9.64 Å². The van der Waals surface area contributed by atoms with E-state index in [0.717, 1.165) is 30.7 Å². The molecule has 0 saturated carbocycles. The van der Waals surface area contributed by atoms with Crippen molar-refractivity contribution in [2.45, 2.75) is 32.7 Å². The summed E-state index contributed by atoms with van der Waals surface area (Å²) in [6, 6.07) is 8.13. The zero-order valence-corrected chi connectivity index (χ0v) is 10.5. The predicted molar refractivity (Wildman–Crippen MR) is 67.1 cm³/mol. The Morgan fingerprint density at radius 3 is 2.88 bits per heavy atom. The number of hydrogen-bond acceptors (Lipinski definition) is 2. The first-order valence-corrected chi connectivity index (χ1v) is 6.16. The minimum atomic E-state index is 0.0956. The van der Waals surface area contributed by atoms with Crippen molar-refractivity contribution in [1.29, 1.82) is 0 Å². The molecule has 1 aromatic carbocycles. The van der Waals surface area contributed by atoms with E-state index in [9.17, 15) is 4.79 Å². The molecule has 1 aliphatic heterocycles. The number of ether oxygens (including phenoxy) is 1. The van der Waals surface area contributed by atoms with Crippen LogP contribution in [0.3, 0.4) is 0 Å². The van der Waals surface area contributed by atoms with Gasteiger partial charge in [0.15, 0.2) is 6.61 Å². The van der Waals surface area contributed by atoms with E-state index in [1.54, 1.807) is 0 Å². The zero-order chi connectivity index (χ0) is 12.3. The quantitative estimate of drug-likeness (QED) is 0.802. The van der Waals surface area contributed by atoms with Gasteiger partial charge in [-0.1, -0.05) is 18.2 Å². The highest BCUT2D eigenvalue weighted by molar-refractivity contribution is 5.78. The number of benzene rings is 1. The first-order valence-electron chi connectivity index (χ1n) is 6.16. The molecule has 3 nitrogen and oxygen atoms in total. The predicted octanol–water partition coefficient (Wildman–Crippen LogP) is 2.38. The molecule has 0 aromatic heterocycles. The Labute approximate surface area is 102 Å². The maximum Gasteiger partial charge on any atom is 0.260 e. The second-order valence-electron chi connectivity index (χ2n) is 4.63. The summed E-state index contributed by atoms with van der Waals surface area (Å²) in [6.07, 6.45) is 2.22. The van der Waals surface area contributed by atoms with Gasteiger partial charge in [-0.05, 0) is 38.3 Å². The fourth-order valence-corrected chi connectivity index (χ4v) is 2.24. The van der Waals surface area contributed by atoms with Crippen LogP contribution in [-0.4, -0.2) is 30.0 Å². The van der Waals surface area contributed by atoms with Crippen LogP contribution in [0.15, 0.2) is 24.3 Å². The SMILES string of the molecule is Cc1ccccc1OCC(=O)N1CCCC1C. The molecule has 92 valence electrons. The van der Waals surface area contributed by atoms with Gasteiger partial charge in [-0.25, -0.2) is 0 Å². The van der Waals surface area contributed by atoms with Crippen LogP contribution in [0.1, 0.15) is 25.3 Å². The van der Waals surface area contributed by atoms with Gasteiger partial charge in [0.05, 0.1) is 0 Å². The molecule has 1 aliphatic rings. The Morgan fingerprint density at radius 2 is 2.24 bits per heavy atom. The van der Waals surface area contributed by atoms with E-state index in [-0.39, 0.29) is 12.5 Å². The monoisotopic (exact) mass is 233 g/mol. The molecular formula is C14H19NO2. The molecular weight excluding hydrogens is 214 g/mol. The topological polar surface area (TPSA) is 29.5 Å². The second kappa shape index (κ2) is 5.21. The Balaban J connectivity index is 1.90. The zero-order valence-electron chi connectivity index (χ0n) is 10.5. The van der Waals surface area contributed by atoms with Gasteiger partial charge in [0.2, 0.25) is 0 Å². The Bertz CT molecular complexity index is 403. The van der Waals surface area contributed by atoms with Crippen LogP contribution in [0, 0.1) is 6.92 Å². The number of rotatable bonds is 3. The molecule has 0 radical (unpaired) electrons. The maximum atomic E-state index is 11.9. The largest absolute Gasteiger partial charge is 0.484 e. The summed E-state index contributed by atoms with van der Waals surface area (Å²) in [4.78, 5) is 13.9. The standard InChI is InChI=1S/C14H19NO2/c1-11-6-3-4-8-13(11)17-10-14(16)15-9-5-7-12(15)2/h3-4,6,8,12H,5,7,9-10H2,1-2H3. The Morgan fingerprint density at radius 1 is 1.47 bits per heavy atom. The lowest BCUT2D eigenvalue weighted by atomic mass is 10.2. The maximum absolute atomic E-state index is 11.9. The molecule has 1 unspecified atom stereocenters. The fourth-order valence-electron chi connectivity index (χ4n) is 2.24. The molecule has 1 saturated heterocycles. The lowest BCUT2D eigenvalue weighted by Crippen LogP contribution is -2.37. The smallest absolute Gasteiger partial charge is 0.260 e. The van der Waals surface area contributed by atoms with Crippen molar-refractivity contribution in [3.05, 3.63) is 29.8 Å². The first kappa shape index (κ1) is 12.0. The summed E-state index contributed by atoms with van der Waals surface area (Å²) in [5.74, 6) is 0.894. The molecule has 2 rings (SSSR count). The van der Waals surface area contributed by atoms with Gasteiger partial charge in [-0.3, -0.25) is 4.79 Å². The van der Waals surface area contributed by atoms with Gasteiger partial charge >= 0.3 is 0 Å². The Kier molecular flexibility index (Phi) is 3.67. The highest BCUT2D eigenvalue weighted by Crippen LogP contribution is 2.19. The third-order valence-electron chi connectivity index (χ3n) is 3.32. The first-order chi connectivity index (χ1) is 8.18. The summed E-state index contributed by atoms with van der Waals surface area (Å²) in [6.45, 7) is 5.10. The fraction of sp³-hybridized carbons (Fsp3) is 0.500. The lowest BCUT2D eigenvalue weighted by Gasteiger charge is -2.21. The molecule has 0 N–H and O–H groups in total. The summed E-state index contributed by atoms with van der Waals surface area (Å²) in [7, 11) is 0. The van der Waals surface area contributed by atoms with Crippen molar-refractivity contribution in [3.63, 3.8) is 0 Å². The minimum absolute atomic E-state index is 0.0956. The number of carbonyl (C=O) groups excluding carboxylic acids is 1. The normalized spacial score (nSPS) is 19.4. The van der Waals surface area contributed by atoms with Gasteiger partial charge in [-0.2, -0.15) is 0 Å². The molecule has 3 heteroatoms. The van der Waals surface area contributed by atoms with Crippen LogP contribution in [0.25, 0.3) is 0 Å². The van der Waals surface area contributed by atoms with Crippen molar-refractivity contribution in [2.75, 3.05) is 13.2 Å². The van der Waals surface area contributed by atoms with Crippen molar-refractivity contribution in [3.8, 4) is 5.75 Å². The number of nitrogens with zero attached hydrogens (tertiary/aromatic N) is 1. The van der Waals surface area contributed by atoms with Crippen LogP contribution >= 0.6 is 0 Å². The average molecular weight is 233 g/mol. The van der Waals surface area contributed by atoms with E-state index >= 15 is 0 Å². The number of likely N-dealkylation sites (tertiary alicyclic amines) is 1. The van der Waals surface area contributed by atoms with Gasteiger partial charge in [0.25, 0.3) is 5.91 Å². The van der Waals surface area contributed by atoms with Gasteiger partial charge in [0, 0.05) is 12.6 Å². The van der Waals surface area contributed by atoms with Crippen molar-refractivity contribution in [1.82, 2.24) is 4.90 Å². The van der Waals surface area contributed by atoms with Gasteiger partial charge in [-0.15, -0.1) is 0 Å². The van der Waals surface area contributed by atoms with Crippen LogP contribution < -0.4 is 4.74 Å². The van der Waals surface area contributed by atoms with E-state index in [2.05, 4.69) is 6.92 Å². The Hall–Kier alpha value is -1.51. The molecule has 1 aromatic rings. The number of carbonyl (C=O) groups is 1. The highest BCUT2D eigenvalue weighted by Gasteiger charge is 2.25. The number of amides is 1. The molecule has 17 heavy (non-hydrogen) atoms. The molecule has 0 spiro atoms. The van der Waals surface area contributed by atoms with E-state index in [1.165, 1.54) is 0 Å². The van der Waals surface area contributed by atoms with E-state index < -0.39 is 0 Å². The van der Waals surface area contributed by atoms with E-state index in [1.807, 2.05) is 36.1 Å². The summed E-state index contributed by atoms with van der Waals surface area (Å²) >= 11 is 0. The number of hydrogen-bond donors (Lipinski definition) is 0. The van der Waals surface area contributed by atoms with Gasteiger partial charge in [0.1, 0.15) is 5.75 Å².